The largest absolute Gasteiger partial charge is 0.493 e. The Bertz CT molecular complexity index is 639. The van der Waals surface area contributed by atoms with Gasteiger partial charge in [0, 0.05) is 11.1 Å². The van der Waals surface area contributed by atoms with E-state index in [0.717, 1.165) is 35.3 Å². The summed E-state index contributed by atoms with van der Waals surface area (Å²) in [4.78, 5) is 0. The molecular formula is C17H18FNO. The topological polar surface area (TPSA) is 35.2 Å². The van der Waals surface area contributed by atoms with Crippen molar-refractivity contribution in [3.8, 4) is 5.75 Å². The molecule has 0 spiro atoms. The van der Waals surface area contributed by atoms with Crippen molar-refractivity contribution in [2.75, 3.05) is 6.61 Å². The second-order valence-corrected chi connectivity index (χ2v) is 5.29. The van der Waals surface area contributed by atoms with Crippen molar-refractivity contribution in [1.29, 1.82) is 0 Å². The fraction of sp³-hybridized carbons (Fsp3) is 0.294. The molecule has 2 nitrogen and oxygen atoms in total. The molecular weight excluding hydrogens is 253 g/mol. The molecule has 1 atom stereocenters. The van der Waals surface area contributed by atoms with Gasteiger partial charge in [-0.3, -0.25) is 0 Å². The zero-order valence-electron chi connectivity index (χ0n) is 11.5. The van der Waals surface area contributed by atoms with Crippen LogP contribution in [-0.4, -0.2) is 6.61 Å². The highest BCUT2D eigenvalue weighted by atomic mass is 19.1. The van der Waals surface area contributed by atoms with Crippen molar-refractivity contribution in [3.05, 3.63) is 64.5 Å². The lowest BCUT2D eigenvalue weighted by molar-refractivity contribution is 0.284. The van der Waals surface area contributed by atoms with E-state index in [9.17, 15) is 4.39 Å². The van der Waals surface area contributed by atoms with Crippen molar-refractivity contribution in [1.82, 2.24) is 0 Å². The van der Waals surface area contributed by atoms with Crippen LogP contribution in [0.3, 0.4) is 0 Å². The van der Waals surface area contributed by atoms with Gasteiger partial charge in [0.2, 0.25) is 0 Å². The maximum absolute atomic E-state index is 14.0. The van der Waals surface area contributed by atoms with E-state index in [0.29, 0.717) is 12.2 Å². The summed E-state index contributed by atoms with van der Waals surface area (Å²) in [6.45, 7) is 2.64. The van der Waals surface area contributed by atoms with Gasteiger partial charge in [-0.05, 0) is 31.4 Å². The van der Waals surface area contributed by atoms with E-state index in [1.807, 2.05) is 25.1 Å². The van der Waals surface area contributed by atoms with E-state index in [4.69, 9.17) is 10.5 Å². The van der Waals surface area contributed by atoms with Crippen LogP contribution in [0.4, 0.5) is 4.39 Å². The zero-order chi connectivity index (χ0) is 14.1. The van der Waals surface area contributed by atoms with Crippen LogP contribution < -0.4 is 10.5 Å². The van der Waals surface area contributed by atoms with Crippen molar-refractivity contribution in [2.45, 2.75) is 25.8 Å². The number of aryl methyl sites for hydroxylation is 2. The quantitative estimate of drug-likeness (QED) is 0.907. The third-order valence-corrected chi connectivity index (χ3v) is 3.79. The van der Waals surface area contributed by atoms with Crippen LogP contribution in [0.2, 0.25) is 0 Å². The molecule has 2 aromatic carbocycles. The van der Waals surface area contributed by atoms with Gasteiger partial charge in [-0.1, -0.05) is 35.9 Å². The third-order valence-electron chi connectivity index (χ3n) is 3.79. The van der Waals surface area contributed by atoms with Gasteiger partial charge in [0.15, 0.2) is 0 Å². The van der Waals surface area contributed by atoms with Crippen LogP contribution >= 0.6 is 0 Å². The van der Waals surface area contributed by atoms with Crippen LogP contribution in [0.1, 0.15) is 34.7 Å². The Balaban J connectivity index is 2.06. The minimum absolute atomic E-state index is 0.267. The number of hydrogen-bond donors (Lipinski definition) is 1. The minimum atomic E-state index is -0.497. The Hall–Kier alpha value is -1.87. The number of para-hydroxylation sites is 1. The first-order chi connectivity index (χ1) is 9.66. The second kappa shape index (κ2) is 5.25. The van der Waals surface area contributed by atoms with E-state index in [1.54, 1.807) is 6.07 Å². The summed E-state index contributed by atoms with van der Waals surface area (Å²) in [7, 11) is 0. The molecule has 0 aromatic heterocycles. The van der Waals surface area contributed by atoms with Gasteiger partial charge in [-0.15, -0.1) is 0 Å². The average Bonchev–Trinajstić information content (AvgIpc) is 2.48. The number of nitrogens with two attached hydrogens (primary N) is 1. The predicted molar refractivity (Wildman–Crippen MR) is 77.4 cm³/mol. The molecule has 0 saturated heterocycles. The SMILES string of the molecule is Cc1ccc(F)c(C(N)c2cccc3c2OCCC3)c1. The molecule has 20 heavy (non-hydrogen) atoms. The molecule has 1 aliphatic heterocycles. The number of benzene rings is 2. The molecule has 3 heteroatoms. The van der Waals surface area contributed by atoms with Gasteiger partial charge in [0.05, 0.1) is 12.6 Å². The summed E-state index contributed by atoms with van der Waals surface area (Å²) in [5.41, 5.74) is 9.84. The van der Waals surface area contributed by atoms with Gasteiger partial charge in [0.1, 0.15) is 11.6 Å². The smallest absolute Gasteiger partial charge is 0.128 e. The maximum atomic E-state index is 14.0. The molecule has 0 fully saturated rings. The Morgan fingerprint density at radius 1 is 1.20 bits per heavy atom. The Kier molecular flexibility index (Phi) is 3.45. The molecule has 1 aliphatic rings. The number of halogens is 1. The fourth-order valence-electron chi connectivity index (χ4n) is 2.73. The van der Waals surface area contributed by atoms with Gasteiger partial charge in [-0.2, -0.15) is 0 Å². The molecule has 3 rings (SSSR count). The van der Waals surface area contributed by atoms with Crippen LogP contribution in [0.5, 0.6) is 5.75 Å². The normalized spacial score (nSPS) is 15.3. The van der Waals surface area contributed by atoms with E-state index in [2.05, 4.69) is 6.07 Å². The number of fused-ring (bicyclic) bond motifs is 1. The minimum Gasteiger partial charge on any atom is -0.493 e. The molecule has 104 valence electrons. The highest BCUT2D eigenvalue weighted by molar-refractivity contribution is 5.48. The second-order valence-electron chi connectivity index (χ2n) is 5.29. The molecule has 2 aromatic rings. The van der Waals surface area contributed by atoms with E-state index < -0.39 is 6.04 Å². The first-order valence-corrected chi connectivity index (χ1v) is 6.93. The van der Waals surface area contributed by atoms with Crippen molar-refractivity contribution in [2.24, 2.45) is 5.73 Å². The Labute approximate surface area is 118 Å². The molecule has 0 amide bonds. The monoisotopic (exact) mass is 271 g/mol. The van der Waals surface area contributed by atoms with E-state index >= 15 is 0 Å². The van der Waals surface area contributed by atoms with Crippen molar-refractivity contribution >= 4 is 0 Å². The molecule has 0 aliphatic carbocycles. The van der Waals surface area contributed by atoms with Crippen LogP contribution in [0, 0.1) is 12.7 Å². The van der Waals surface area contributed by atoms with Crippen LogP contribution in [0.15, 0.2) is 36.4 Å². The Morgan fingerprint density at radius 2 is 2.05 bits per heavy atom. The number of rotatable bonds is 2. The van der Waals surface area contributed by atoms with Gasteiger partial charge >= 0.3 is 0 Å². The van der Waals surface area contributed by atoms with Crippen LogP contribution in [-0.2, 0) is 6.42 Å². The molecule has 2 N–H and O–H groups in total. The third kappa shape index (κ3) is 2.29. The van der Waals surface area contributed by atoms with Gasteiger partial charge < -0.3 is 10.5 Å². The number of ether oxygens (including phenoxy) is 1. The maximum Gasteiger partial charge on any atom is 0.128 e. The lowest BCUT2D eigenvalue weighted by Crippen LogP contribution is -2.18. The van der Waals surface area contributed by atoms with Gasteiger partial charge in [0.25, 0.3) is 0 Å². The first kappa shape index (κ1) is 13.1. The highest BCUT2D eigenvalue weighted by Gasteiger charge is 2.21. The first-order valence-electron chi connectivity index (χ1n) is 6.93. The summed E-state index contributed by atoms with van der Waals surface area (Å²) >= 11 is 0. The van der Waals surface area contributed by atoms with Crippen molar-refractivity contribution in [3.63, 3.8) is 0 Å². The number of hydrogen-bond acceptors (Lipinski definition) is 2. The average molecular weight is 271 g/mol. The zero-order valence-corrected chi connectivity index (χ0v) is 11.5. The summed E-state index contributed by atoms with van der Waals surface area (Å²) < 4.78 is 19.8. The highest BCUT2D eigenvalue weighted by Crippen LogP contribution is 2.35. The van der Waals surface area contributed by atoms with Crippen LogP contribution in [0.25, 0.3) is 0 Å². The summed E-state index contributed by atoms with van der Waals surface area (Å²) in [5, 5.41) is 0. The lowest BCUT2D eigenvalue weighted by Gasteiger charge is -2.23. The fourth-order valence-corrected chi connectivity index (χ4v) is 2.73. The predicted octanol–water partition coefficient (Wildman–Crippen LogP) is 3.51. The standard InChI is InChI=1S/C17H18FNO/c1-11-7-8-15(18)14(10-11)16(19)13-6-2-4-12-5-3-9-20-17(12)13/h2,4,6-8,10,16H,3,5,9,19H2,1H3. The molecule has 1 unspecified atom stereocenters. The summed E-state index contributed by atoms with van der Waals surface area (Å²) in [6.07, 6.45) is 2.01. The van der Waals surface area contributed by atoms with Gasteiger partial charge in [-0.25, -0.2) is 4.39 Å². The molecule has 0 saturated carbocycles. The lowest BCUT2D eigenvalue weighted by atomic mass is 9.93. The summed E-state index contributed by atoms with van der Waals surface area (Å²) in [5.74, 6) is 0.573. The molecule has 1 heterocycles. The molecule has 0 radical (unpaired) electrons. The molecule has 0 bridgehead atoms. The van der Waals surface area contributed by atoms with E-state index in [1.165, 1.54) is 6.07 Å². The summed E-state index contributed by atoms with van der Waals surface area (Å²) in [6, 6.07) is 10.5. The van der Waals surface area contributed by atoms with Crippen molar-refractivity contribution < 1.29 is 9.13 Å². The Morgan fingerprint density at radius 3 is 2.90 bits per heavy atom. The van der Waals surface area contributed by atoms with E-state index in [-0.39, 0.29) is 5.82 Å².